The normalized spacial score (nSPS) is 21.3. The van der Waals surface area contributed by atoms with E-state index in [0.717, 1.165) is 11.3 Å². The first-order valence-electron chi connectivity index (χ1n) is 6.23. The number of nitrogens with one attached hydrogen (secondary N) is 1. The van der Waals surface area contributed by atoms with Crippen LogP contribution in [0, 0.1) is 5.92 Å². The lowest BCUT2D eigenvalue weighted by atomic mass is 9.80. The number of amides is 1. The van der Waals surface area contributed by atoms with Crippen LogP contribution >= 0.6 is 0 Å². The van der Waals surface area contributed by atoms with E-state index in [-0.39, 0.29) is 17.9 Å². The number of benzene rings is 1. The first kappa shape index (κ1) is 13.4. The van der Waals surface area contributed by atoms with Crippen molar-refractivity contribution >= 4 is 11.9 Å². The number of carboxylic acids is 1. The fraction of sp³-hybridized carbons (Fsp3) is 0.429. The maximum absolute atomic E-state index is 11.8. The molecule has 1 amide bonds. The SMILES string of the molecule is COc1ccc(CC(=O)NC2CC(C(=O)O)C2)cc1. The quantitative estimate of drug-likeness (QED) is 0.837. The van der Waals surface area contributed by atoms with E-state index in [0.29, 0.717) is 19.3 Å². The van der Waals surface area contributed by atoms with Gasteiger partial charge < -0.3 is 15.2 Å². The summed E-state index contributed by atoms with van der Waals surface area (Å²) >= 11 is 0. The topological polar surface area (TPSA) is 75.6 Å². The Morgan fingerprint density at radius 2 is 1.95 bits per heavy atom. The molecular formula is C14H17NO4. The number of carboxylic acid groups (broad SMARTS) is 1. The minimum absolute atomic E-state index is 0.00634. The molecule has 19 heavy (non-hydrogen) atoms. The summed E-state index contributed by atoms with van der Waals surface area (Å²) in [5, 5.41) is 11.6. The first-order valence-corrected chi connectivity index (χ1v) is 6.23. The maximum atomic E-state index is 11.8. The zero-order chi connectivity index (χ0) is 13.8. The van der Waals surface area contributed by atoms with Gasteiger partial charge in [-0.15, -0.1) is 0 Å². The Morgan fingerprint density at radius 1 is 1.32 bits per heavy atom. The third kappa shape index (κ3) is 3.47. The standard InChI is InChI=1S/C14H17NO4/c1-19-12-4-2-9(3-5-12)6-13(16)15-11-7-10(8-11)14(17)18/h2-5,10-11H,6-8H2,1H3,(H,15,16)(H,17,18). The van der Waals surface area contributed by atoms with Crippen LogP contribution in [0.3, 0.4) is 0 Å². The predicted molar refractivity (Wildman–Crippen MR) is 69.0 cm³/mol. The van der Waals surface area contributed by atoms with Crippen molar-refractivity contribution in [1.29, 1.82) is 0 Å². The Morgan fingerprint density at radius 3 is 2.47 bits per heavy atom. The van der Waals surface area contributed by atoms with Gasteiger partial charge in [-0.3, -0.25) is 9.59 Å². The molecule has 1 aromatic rings. The van der Waals surface area contributed by atoms with Gasteiger partial charge in [0.15, 0.2) is 0 Å². The Balaban J connectivity index is 1.77. The molecule has 0 bridgehead atoms. The van der Waals surface area contributed by atoms with Crippen molar-refractivity contribution in [3.63, 3.8) is 0 Å². The van der Waals surface area contributed by atoms with Crippen molar-refractivity contribution < 1.29 is 19.4 Å². The van der Waals surface area contributed by atoms with Crippen molar-refractivity contribution in [2.75, 3.05) is 7.11 Å². The lowest BCUT2D eigenvalue weighted by molar-refractivity contribution is -0.146. The van der Waals surface area contributed by atoms with Gasteiger partial charge in [0.1, 0.15) is 5.75 Å². The number of hydrogen-bond acceptors (Lipinski definition) is 3. The van der Waals surface area contributed by atoms with Gasteiger partial charge in [0.05, 0.1) is 19.4 Å². The van der Waals surface area contributed by atoms with Gasteiger partial charge in [-0.05, 0) is 30.5 Å². The molecule has 1 aliphatic rings. The second-order valence-corrected chi connectivity index (χ2v) is 4.80. The van der Waals surface area contributed by atoms with Gasteiger partial charge in [0.25, 0.3) is 0 Å². The minimum Gasteiger partial charge on any atom is -0.497 e. The summed E-state index contributed by atoms with van der Waals surface area (Å²) in [4.78, 5) is 22.4. The number of rotatable bonds is 5. The summed E-state index contributed by atoms with van der Waals surface area (Å²) in [7, 11) is 1.59. The monoisotopic (exact) mass is 263 g/mol. The number of carbonyl (C=O) groups is 2. The van der Waals surface area contributed by atoms with Crippen LogP contribution in [0.5, 0.6) is 5.75 Å². The average molecular weight is 263 g/mol. The second kappa shape index (κ2) is 5.73. The summed E-state index contributed by atoms with van der Waals surface area (Å²) < 4.78 is 5.04. The highest BCUT2D eigenvalue weighted by Gasteiger charge is 2.35. The fourth-order valence-corrected chi connectivity index (χ4v) is 2.14. The van der Waals surface area contributed by atoms with Gasteiger partial charge in [-0.2, -0.15) is 0 Å². The van der Waals surface area contributed by atoms with Crippen LogP contribution in [-0.2, 0) is 16.0 Å². The number of ether oxygens (including phenoxy) is 1. The van der Waals surface area contributed by atoms with Crippen LogP contribution in [0.4, 0.5) is 0 Å². The number of hydrogen-bond donors (Lipinski definition) is 2. The second-order valence-electron chi connectivity index (χ2n) is 4.80. The van der Waals surface area contributed by atoms with E-state index < -0.39 is 5.97 Å². The van der Waals surface area contributed by atoms with Crippen molar-refractivity contribution in [1.82, 2.24) is 5.32 Å². The van der Waals surface area contributed by atoms with E-state index in [4.69, 9.17) is 9.84 Å². The van der Waals surface area contributed by atoms with Crippen molar-refractivity contribution in [3.05, 3.63) is 29.8 Å². The van der Waals surface area contributed by atoms with E-state index in [2.05, 4.69) is 5.32 Å². The molecule has 5 heteroatoms. The molecule has 0 saturated heterocycles. The van der Waals surface area contributed by atoms with Crippen LogP contribution in [0.2, 0.25) is 0 Å². The molecule has 102 valence electrons. The highest BCUT2D eigenvalue weighted by atomic mass is 16.5. The largest absolute Gasteiger partial charge is 0.497 e. The van der Waals surface area contributed by atoms with E-state index in [1.807, 2.05) is 24.3 Å². The third-order valence-electron chi connectivity index (χ3n) is 3.38. The smallest absolute Gasteiger partial charge is 0.306 e. The van der Waals surface area contributed by atoms with Crippen LogP contribution in [0.15, 0.2) is 24.3 Å². The van der Waals surface area contributed by atoms with Gasteiger partial charge in [0.2, 0.25) is 5.91 Å². The molecule has 0 unspecified atom stereocenters. The average Bonchev–Trinajstić information content (AvgIpc) is 2.33. The third-order valence-corrected chi connectivity index (χ3v) is 3.38. The van der Waals surface area contributed by atoms with Gasteiger partial charge >= 0.3 is 5.97 Å². The summed E-state index contributed by atoms with van der Waals surface area (Å²) in [6, 6.07) is 7.32. The fourth-order valence-electron chi connectivity index (χ4n) is 2.14. The van der Waals surface area contributed by atoms with Crippen LogP contribution in [0.25, 0.3) is 0 Å². The zero-order valence-electron chi connectivity index (χ0n) is 10.8. The zero-order valence-corrected chi connectivity index (χ0v) is 10.8. The molecule has 0 radical (unpaired) electrons. The number of aliphatic carboxylic acids is 1. The van der Waals surface area contributed by atoms with Crippen LogP contribution in [0.1, 0.15) is 18.4 Å². The predicted octanol–water partition coefficient (Wildman–Crippen LogP) is 1.22. The number of carbonyl (C=O) groups excluding carboxylic acids is 1. The molecule has 1 aromatic carbocycles. The lowest BCUT2D eigenvalue weighted by Gasteiger charge is -2.32. The minimum atomic E-state index is -0.777. The van der Waals surface area contributed by atoms with Crippen LogP contribution in [-0.4, -0.2) is 30.1 Å². The van der Waals surface area contributed by atoms with Crippen molar-refractivity contribution in [2.45, 2.75) is 25.3 Å². The molecular weight excluding hydrogens is 246 g/mol. The Labute approximate surface area is 111 Å². The van der Waals surface area contributed by atoms with E-state index >= 15 is 0 Å². The molecule has 0 atom stereocenters. The first-order chi connectivity index (χ1) is 9.08. The van der Waals surface area contributed by atoms with Crippen molar-refractivity contribution in [2.24, 2.45) is 5.92 Å². The summed E-state index contributed by atoms with van der Waals surface area (Å²) in [6.45, 7) is 0. The Bertz CT molecular complexity index is 463. The molecule has 0 aromatic heterocycles. The molecule has 0 heterocycles. The summed E-state index contributed by atoms with van der Waals surface area (Å²) in [5.74, 6) is -0.390. The maximum Gasteiger partial charge on any atom is 0.306 e. The van der Waals surface area contributed by atoms with Crippen molar-refractivity contribution in [3.8, 4) is 5.75 Å². The molecule has 2 N–H and O–H groups in total. The lowest BCUT2D eigenvalue weighted by Crippen LogP contribution is -2.47. The Kier molecular flexibility index (Phi) is 4.04. The molecule has 0 aliphatic heterocycles. The summed E-state index contributed by atoms with van der Waals surface area (Å²) in [6.07, 6.45) is 1.37. The van der Waals surface area contributed by atoms with Gasteiger partial charge in [-0.1, -0.05) is 12.1 Å². The summed E-state index contributed by atoms with van der Waals surface area (Å²) in [5.41, 5.74) is 0.910. The van der Waals surface area contributed by atoms with E-state index in [1.54, 1.807) is 7.11 Å². The molecule has 0 spiro atoms. The highest BCUT2D eigenvalue weighted by Crippen LogP contribution is 2.27. The molecule has 5 nitrogen and oxygen atoms in total. The molecule has 2 rings (SSSR count). The van der Waals surface area contributed by atoms with E-state index in [9.17, 15) is 9.59 Å². The molecule has 1 aliphatic carbocycles. The van der Waals surface area contributed by atoms with Gasteiger partial charge in [-0.25, -0.2) is 0 Å². The van der Waals surface area contributed by atoms with Gasteiger partial charge in [0, 0.05) is 6.04 Å². The Hall–Kier alpha value is -2.04. The van der Waals surface area contributed by atoms with E-state index in [1.165, 1.54) is 0 Å². The highest BCUT2D eigenvalue weighted by molar-refractivity contribution is 5.79. The molecule has 1 fully saturated rings. The van der Waals surface area contributed by atoms with Crippen LogP contribution < -0.4 is 10.1 Å². The number of methoxy groups -OCH3 is 1. The molecule has 1 saturated carbocycles.